The lowest BCUT2D eigenvalue weighted by Crippen LogP contribution is -2.11. The minimum Gasteiger partial charge on any atom is -0.460 e. The molecule has 2 heterocycles. The fraction of sp³-hybridized carbons (Fsp3) is 0.357. The number of fused-ring (bicyclic) bond motifs is 1. The molecule has 0 unspecified atom stereocenters. The van der Waals surface area contributed by atoms with Crippen molar-refractivity contribution in [2.24, 2.45) is 0 Å². The van der Waals surface area contributed by atoms with Crippen molar-refractivity contribution in [1.29, 1.82) is 0 Å². The molecule has 20 heavy (non-hydrogen) atoms. The van der Waals surface area contributed by atoms with Crippen LogP contribution in [0.2, 0.25) is 5.02 Å². The average molecular weight is 292 g/mol. The van der Waals surface area contributed by atoms with Crippen LogP contribution in [0.15, 0.2) is 24.3 Å². The van der Waals surface area contributed by atoms with Gasteiger partial charge in [-0.05, 0) is 25.0 Å². The number of halogens is 1. The molecule has 0 fully saturated rings. The van der Waals surface area contributed by atoms with Gasteiger partial charge in [0.25, 0.3) is 5.82 Å². The summed E-state index contributed by atoms with van der Waals surface area (Å²) in [5.74, 6) is 0.448. The molecule has 0 aliphatic carbocycles. The van der Waals surface area contributed by atoms with Crippen LogP contribution in [0, 0.1) is 0 Å². The van der Waals surface area contributed by atoms with E-state index in [1.54, 1.807) is 11.6 Å². The van der Waals surface area contributed by atoms with Crippen molar-refractivity contribution in [1.82, 2.24) is 14.8 Å². The topological polar surface area (TPSA) is 57.0 Å². The minimum absolute atomic E-state index is 0.0365. The van der Waals surface area contributed by atoms with Gasteiger partial charge in [0.1, 0.15) is 5.82 Å². The van der Waals surface area contributed by atoms with Gasteiger partial charge in [-0.15, -0.1) is 5.10 Å². The molecule has 0 bridgehead atoms. The van der Waals surface area contributed by atoms with Crippen molar-refractivity contribution < 1.29 is 9.53 Å². The average Bonchev–Trinajstić information content (AvgIpc) is 3.00. The summed E-state index contributed by atoms with van der Waals surface area (Å²) >= 11 is 6.24. The third kappa shape index (κ3) is 2.18. The largest absolute Gasteiger partial charge is 0.460 e. The highest BCUT2D eigenvalue weighted by molar-refractivity contribution is 6.31. The van der Waals surface area contributed by atoms with Crippen LogP contribution < -0.4 is 0 Å². The fourth-order valence-electron chi connectivity index (χ4n) is 2.48. The van der Waals surface area contributed by atoms with Crippen molar-refractivity contribution in [2.75, 3.05) is 6.61 Å². The number of rotatable bonds is 3. The second-order valence-corrected chi connectivity index (χ2v) is 5.00. The first-order valence-electron chi connectivity index (χ1n) is 6.57. The Morgan fingerprint density at radius 3 is 3.05 bits per heavy atom. The number of esters is 1. The Morgan fingerprint density at radius 1 is 1.50 bits per heavy atom. The highest BCUT2D eigenvalue weighted by Crippen LogP contribution is 2.34. The molecular weight excluding hydrogens is 278 g/mol. The summed E-state index contributed by atoms with van der Waals surface area (Å²) in [6.07, 6.45) is 1.67. The first-order chi connectivity index (χ1) is 9.70. The van der Waals surface area contributed by atoms with Crippen LogP contribution in [0.3, 0.4) is 0 Å². The number of carbonyl (C=O) groups is 1. The molecule has 1 atom stereocenters. The van der Waals surface area contributed by atoms with E-state index >= 15 is 0 Å². The molecule has 1 aromatic heterocycles. The van der Waals surface area contributed by atoms with E-state index in [1.165, 1.54) is 0 Å². The monoisotopic (exact) mass is 291 g/mol. The fourth-order valence-corrected chi connectivity index (χ4v) is 2.74. The highest BCUT2D eigenvalue weighted by Gasteiger charge is 2.30. The summed E-state index contributed by atoms with van der Waals surface area (Å²) in [5.41, 5.74) is 1.01. The summed E-state index contributed by atoms with van der Waals surface area (Å²) < 4.78 is 6.71. The second kappa shape index (κ2) is 5.25. The van der Waals surface area contributed by atoms with E-state index in [-0.39, 0.29) is 11.9 Å². The molecular formula is C14H14ClN3O2. The predicted molar refractivity (Wildman–Crippen MR) is 73.9 cm³/mol. The maximum Gasteiger partial charge on any atom is 0.378 e. The van der Waals surface area contributed by atoms with Gasteiger partial charge < -0.3 is 4.74 Å². The molecule has 0 saturated heterocycles. The Morgan fingerprint density at radius 2 is 2.30 bits per heavy atom. The van der Waals surface area contributed by atoms with Crippen molar-refractivity contribution in [3.8, 4) is 0 Å². The molecule has 1 aliphatic rings. The normalized spacial score (nSPS) is 17.0. The number of carbonyl (C=O) groups excluding carboxylic acids is 1. The lowest BCUT2D eigenvalue weighted by molar-refractivity contribution is 0.0511. The van der Waals surface area contributed by atoms with Crippen molar-refractivity contribution >= 4 is 17.6 Å². The number of nitrogens with zero attached hydrogens (tertiary/aromatic N) is 3. The van der Waals surface area contributed by atoms with E-state index in [0.717, 1.165) is 24.2 Å². The first-order valence-corrected chi connectivity index (χ1v) is 6.95. The Bertz CT molecular complexity index is 654. The molecule has 0 amide bonds. The number of benzene rings is 1. The van der Waals surface area contributed by atoms with Crippen molar-refractivity contribution in [3.05, 3.63) is 46.5 Å². The van der Waals surface area contributed by atoms with Crippen LogP contribution in [-0.4, -0.2) is 27.3 Å². The number of hydrogen-bond acceptors (Lipinski definition) is 4. The molecule has 2 aromatic rings. The van der Waals surface area contributed by atoms with Gasteiger partial charge in [0.2, 0.25) is 0 Å². The van der Waals surface area contributed by atoms with Gasteiger partial charge in [0.15, 0.2) is 0 Å². The van der Waals surface area contributed by atoms with E-state index in [4.69, 9.17) is 16.3 Å². The molecule has 1 aromatic carbocycles. The van der Waals surface area contributed by atoms with E-state index < -0.39 is 5.97 Å². The van der Waals surface area contributed by atoms with Gasteiger partial charge in [-0.3, -0.25) is 0 Å². The van der Waals surface area contributed by atoms with E-state index in [1.807, 2.05) is 24.3 Å². The van der Waals surface area contributed by atoms with Gasteiger partial charge in [0.05, 0.1) is 12.6 Å². The van der Waals surface area contributed by atoms with E-state index in [9.17, 15) is 4.79 Å². The zero-order valence-corrected chi connectivity index (χ0v) is 11.8. The summed E-state index contributed by atoms with van der Waals surface area (Å²) in [6.45, 7) is 2.07. The number of aromatic nitrogens is 3. The van der Waals surface area contributed by atoms with Gasteiger partial charge in [0, 0.05) is 11.4 Å². The maximum absolute atomic E-state index is 11.7. The second-order valence-electron chi connectivity index (χ2n) is 4.59. The smallest absolute Gasteiger partial charge is 0.378 e. The van der Waals surface area contributed by atoms with Crippen LogP contribution >= 0.6 is 11.6 Å². The Balaban J connectivity index is 1.94. The summed E-state index contributed by atoms with van der Waals surface area (Å²) in [4.78, 5) is 15.9. The minimum atomic E-state index is -0.479. The Kier molecular flexibility index (Phi) is 3.44. The number of aryl methyl sites for hydroxylation is 1. The van der Waals surface area contributed by atoms with Gasteiger partial charge in [-0.2, -0.15) is 0 Å². The molecule has 1 aliphatic heterocycles. The van der Waals surface area contributed by atoms with Crippen molar-refractivity contribution in [3.63, 3.8) is 0 Å². The lowest BCUT2D eigenvalue weighted by atomic mass is 10.1. The molecule has 3 rings (SSSR count). The first kappa shape index (κ1) is 13.1. The maximum atomic E-state index is 11.7. The van der Waals surface area contributed by atoms with Gasteiger partial charge in [-0.1, -0.05) is 29.8 Å². The van der Waals surface area contributed by atoms with Crippen LogP contribution in [-0.2, 0) is 11.2 Å². The SMILES string of the molecule is CCOC(=O)c1nc2n(n1)[C@@H](c1ccccc1Cl)CC2. The Hall–Kier alpha value is -1.88. The summed E-state index contributed by atoms with van der Waals surface area (Å²) in [5, 5.41) is 4.99. The molecule has 5 nitrogen and oxygen atoms in total. The molecule has 0 N–H and O–H groups in total. The highest BCUT2D eigenvalue weighted by atomic mass is 35.5. The molecule has 104 valence electrons. The van der Waals surface area contributed by atoms with Crippen LogP contribution in [0.5, 0.6) is 0 Å². The third-order valence-corrected chi connectivity index (χ3v) is 3.70. The molecule has 0 spiro atoms. The van der Waals surface area contributed by atoms with Crippen LogP contribution in [0.25, 0.3) is 0 Å². The van der Waals surface area contributed by atoms with Gasteiger partial charge >= 0.3 is 5.97 Å². The zero-order valence-electron chi connectivity index (χ0n) is 11.0. The standard InChI is InChI=1S/C14H14ClN3O2/c1-2-20-14(19)13-16-12-8-7-11(18(12)17-13)9-5-3-4-6-10(9)15/h3-6,11H,2,7-8H2,1H3/t11-/m1/s1. The molecule has 0 radical (unpaired) electrons. The number of hydrogen-bond donors (Lipinski definition) is 0. The Labute approximate surface area is 121 Å². The summed E-state index contributed by atoms with van der Waals surface area (Å²) in [7, 11) is 0. The van der Waals surface area contributed by atoms with Crippen molar-refractivity contribution in [2.45, 2.75) is 25.8 Å². The lowest BCUT2D eigenvalue weighted by Gasteiger charge is -2.13. The number of ether oxygens (including phenoxy) is 1. The quantitative estimate of drug-likeness (QED) is 0.816. The predicted octanol–water partition coefficient (Wildman–Crippen LogP) is 2.64. The van der Waals surface area contributed by atoms with E-state index in [2.05, 4.69) is 10.1 Å². The third-order valence-electron chi connectivity index (χ3n) is 3.36. The molecule has 0 saturated carbocycles. The van der Waals surface area contributed by atoms with Gasteiger partial charge in [-0.25, -0.2) is 14.5 Å². The molecule has 6 heteroatoms. The zero-order chi connectivity index (χ0) is 14.1. The van der Waals surface area contributed by atoms with Crippen LogP contribution in [0.4, 0.5) is 0 Å². The van der Waals surface area contributed by atoms with E-state index in [0.29, 0.717) is 11.6 Å². The summed E-state index contributed by atoms with van der Waals surface area (Å²) in [6, 6.07) is 7.72. The van der Waals surface area contributed by atoms with Crippen LogP contribution in [0.1, 0.15) is 41.4 Å².